The summed E-state index contributed by atoms with van der Waals surface area (Å²) in [5, 5.41) is 9.47. The van der Waals surface area contributed by atoms with Gasteiger partial charge in [-0.15, -0.1) is 5.92 Å². The Balaban J connectivity index is 3.20. The van der Waals surface area contributed by atoms with Crippen LogP contribution in [-0.2, 0) is 9.53 Å². The van der Waals surface area contributed by atoms with Gasteiger partial charge in [0.25, 0.3) is 0 Å². The quantitative estimate of drug-likeness (QED) is 0.278. The van der Waals surface area contributed by atoms with Crippen molar-refractivity contribution in [3.63, 3.8) is 0 Å². The molecule has 1 unspecified atom stereocenters. The molecule has 0 aliphatic rings. The van der Waals surface area contributed by atoms with Crippen LogP contribution in [0.3, 0.4) is 0 Å². The Hall–Kier alpha value is -1.01. The summed E-state index contributed by atoms with van der Waals surface area (Å²) in [5.74, 6) is 5.92. The van der Waals surface area contributed by atoms with E-state index in [-0.39, 0.29) is 5.97 Å². The van der Waals surface area contributed by atoms with E-state index in [9.17, 15) is 9.90 Å². The molecule has 3 nitrogen and oxygen atoms in total. The van der Waals surface area contributed by atoms with Gasteiger partial charge in [-0.2, -0.15) is 0 Å². The van der Waals surface area contributed by atoms with Gasteiger partial charge in [0.1, 0.15) is 6.10 Å². The summed E-state index contributed by atoms with van der Waals surface area (Å²) in [5.41, 5.74) is 0. The van der Waals surface area contributed by atoms with E-state index in [1.807, 2.05) is 6.92 Å². The fraction of sp³-hybridized carbons (Fsp3) is 0.850. The Morgan fingerprint density at radius 2 is 1.52 bits per heavy atom. The Kier molecular flexibility index (Phi) is 16.6. The maximum atomic E-state index is 11.1. The van der Waals surface area contributed by atoms with Gasteiger partial charge in [0.05, 0.1) is 6.61 Å². The third kappa shape index (κ3) is 17.2. The standard InChI is InChI=1S/C20H36O3/c1-3-16-19(21)17-14-12-10-8-6-5-7-9-11-13-15-18-20(22)23-4-2/h19,21H,3-13,15-16,18H2,1-2H3. The monoisotopic (exact) mass is 324 g/mol. The highest BCUT2D eigenvalue weighted by Gasteiger charge is 2.00. The molecule has 23 heavy (non-hydrogen) atoms. The first-order valence-corrected chi connectivity index (χ1v) is 9.52. The molecule has 0 aromatic rings. The number of ether oxygens (including phenoxy) is 1. The maximum absolute atomic E-state index is 11.1. The summed E-state index contributed by atoms with van der Waals surface area (Å²) >= 11 is 0. The number of rotatable bonds is 14. The Bertz CT molecular complexity index is 328. The number of aliphatic hydroxyl groups is 1. The van der Waals surface area contributed by atoms with Gasteiger partial charge in [-0.25, -0.2) is 0 Å². The number of unbranched alkanes of at least 4 members (excludes halogenated alkanes) is 9. The van der Waals surface area contributed by atoms with Gasteiger partial charge in [-0.1, -0.05) is 64.2 Å². The van der Waals surface area contributed by atoms with Crippen LogP contribution in [0.2, 0.25) is 0 Å². The van der Waals surface area contributed by atoms with E-state index in [0.717, 1.165) is 38.5 Å². The van der Waals surface area contributed by atoms with Crippen molar-refractivity contribution in [2.75, 3.05) is 6.61 Å². The molecule has 1 N–H and O–H groups in total. The zero-order chi connectivity index (χ0) is 17.2. The van der Waals surface area contributed by atoms with Crippen LogP contribution in [0.1, 0.15) is 97.3 Å². The van der Waals surface area contributed by atoms with Gasteiger partial charge in [-0.05, 0) is 26.2 Å². The second-order valence-corrected chi connectivity index (χ2v) is 6.11. The van der Waals surface area contributed by atoms with Crippen molar-refractivity contribution in [1.29, 1.82) is 0 Å². The lowest BCUT2D eigenvalue weighted by atomic mass is 10.1. The van der Waals surface area contributed by atoms with E-state index in [1.165, 1.54) is 38.5 Å². The van der Waals surface area contributed by atoms with E-state index in [1.54, 1.807) is 0 Å². The molecule has 0 rings (SSSR count). The second kappa shape index (κ2) is 17.3. The summed E-state index contributed by atoms with van der Waals surface area (Å²) in [4.78, 5) is 11.1. The van der Waals surface area contributed by atoms with Gasteiger partial charge >= 0.3 is 5.97 Å². The molecule has 1 atom stereocenters. The third-order valence-electron chi connectivity index (χ3n) is 3.82. The van der Waals surface area contributed by atoms with E-state index in [0.29, 0.717) is 13.0 Å². The summed E-state index contributed by atoms with van der Waals surface area (Å²) < 4.78 is 4.90. The van der Waals surface area contributed by atoms with Gasteiger partial charge in [-0.3, -0.25) is 4.79 Å². The molecule has 3 heteroatoms. The highest BCUT2D eigenvalue weighted by atomic mass is 16.5. The lowest BCUT2D eigenvalue weighted by Gasteiger charge is -2.03. The highest BCUT2D eigenvalue weighted by molar-refractivity contribution is 5.69. The van der Waals surface area contributed by atoms with Crippen molar-refractivity contribution in [1.82, 2.24) is 0 Å². The number of hydrogen-bond acceptors (Lipinski definition) is 3. The van der Waals surface area contributed by atoms with E-state index < -0.39 is 6.10 Å². The second-order valence-electron chi connectivity index (χ2n) is 6.11. The van der Waals surface area contributed by atoms with Crippen molar-refractivity contribution < 1.29 is 14.6 Å². The molecule has 134 valence electrons. The first-order valence-electron chi connectivity index (χ1n) is 9.52. The summed E-state index contributed by atoms with van der Waals surface area (Å²) in [6, 6.07) is 0. The van der Waals surface area contributed by atoms with Crippen LogP contribution < -0.4 is 0 Å². The van der Waals surface area contributed by atoms with Crippen molar-refractivity contribution >= 4 is 5.97 Å². The summed E-state index contributed by atoms with van der Waals surface area (Å²) in [6.45, 7) is 4.40. The normalized spacial score (nSPS) is 11.6. The first kappa shape index (κ1) is 22.0. The molecule has 0 radical (unpaired) electrons. The lowest BCUT2D eigenvalue weighted by molar-refractivity contribution is -0.143. The molecule has 0 fully saturated rings. The van der Waals surface area contributed by atoms with E-state index >= 15 is 0 Å². The van der Waals surface area contributed by atoms with Gasteiger partial charge in [0.2, 0.25) is 0 Å². The van der Waals surface area contributed by atoms with Gasteiger partial charge < -0.3 is 9.84 Å². The summed E-state index contributed by atoms with van der Waals surface area (Å²) in [7, 11) is 0. The SMILES string of the molecule is CCCC(O)C#CCCCCCCCCCCCC(=O)OCC. The highest BCUT2D eigenvalue weighted by Crippen LogP contribution is 2.11. The van der Waals surface area contributed by atoms with Crippen LogP contribution in [-0.4, -0.2) is 23.8 Å². The Morgan fingerprint density at radius 1 is 0.957 bits per heavy atom. The average Bonchev–Trinajstić information content (AvgIpc) is 2.52. The Labute approximate surface area is 143 Å². The van der Waals surface area contributed by atoms with Crippen LogP contribution in [0, 0.1) is 11.8 Å². The van der Waals surface area contributed by atoms with Crippen LogP contribution >= 0.6 is 0 Å². The number of carbonyl (C=O) groups excluding carboxylic acids is 1. The van der Waals surface area contributed by atoms with Crippen molar-refractivity contribution in [2.45, 2.75) is 103 Å². The van der Waals surface area contributed by atoms with Crippen LogP contribution in [0.25, 0.3) is 0 Å². The number of aliphatic hydroxyl groups excluding tert-OH is 1. The molecule has 0 spiro atoms. The molecule has 0 aliphatic carbocycles. The van der Waals surface area contributed by atoms with Crippen LogP contribution in [0.5, 0.6) is 0 Å². The molecule has 0 aromatic carbocycles. The Morgan fingerprint density at radius 3 is 2.09 bits per heavy atom. The van der Waals surface area contributed by atoms with Gasteiger partial charge in [0, 0.05) is 12.8 Å². The van der Waals surface area contributed by atoms with Crippen molar-refractivity contribution in [3.05, 3.63) is 0 Å². The number of hydrogen-bond donors (Lipinski definition) is 1. The first-order chi connectivity index (χ1) is 11.2. The molecular weight excluding hydrogens is 288 g/mol. The molecule has 0 aromatic heterocycles. The molecule has 0 amide bonds. The fourth-order valence-electron chi connectivity index (χ4n) is 2.49. The molecule has 0 aliphatic heterocycles. The number of esters is 1. The fourth-order valence-corrected chi connectivity index (χ4v) is 2.49. The number of carbonyl (C=O) groups is 1. The molecule has 0 heterocycles. The van der Waals surface area contributed by atoms with Crippen LogP contribution in [0.15, 0.2) is 0 Å². The topological polar surface area (TPSA) is 46.5 Å². The molecule has 0 saturated carbocycles. The minimum atomic E-state index is -0.427. The lowest BCUT2D eigenvalue weighted by Crippen LogP contribution is -2.03. The largest absolute Gasteiger partial charge is 0.466 e. The molecule has 0 saturated heterocycles. The van der Waals surface area contributed by atoms with Crippen molar-refractivity contribution in [2.24, 2.45) is 0 Å². The zero-order valence-corrected chi connectivity index (χ0v) is 15.2. The average molecular weight is 325 g/mol. The minimum absolute atomic E-state index is 0.0576. The van der Waals surface area contributed by atoms with Crippen molar-refractivity contribution in [3.8, 4) is 11.8 Å². The maximum Gasteiger partial charge on any atom is 0.305 e. The van der Waals surface area contributed by atoms with E-state index in [4.69, 9.17) is 4.74 Å². The predicted octanol–water partition coefficient (Wildman–Crippen LogP) is 5.01. The van der Waals surface area contributed by atoms with Crippen LogP contribution in [0.4, 0.5) is 0 Å². The molecular formula is C20H36O3. The van der Waals surface area contributed by atoms with Gasteiger partial charge in [0.15, 0.2) is 0 Å². The smallest absolute Gasteiger partial charge is 0.305 e. The van der Waals surface area contributed by atoms with E-state index in [2.05, 4.69) is 18.8 Å². The summed E-state index contributed by atoms with van der Waals surface area (Å²) in [6.07, 6.45) is 13.7. The third-order valence-corrected chi connectivity index (χ3v) is 3.82. The zero-order valence-electron chi connectivity index (χ0n) is 15.2. The predicted molar refractivity (Wildman–Crippen MR) is 96.1 cm³/mol. The minimum Gasteiger partial charge on any atom is -0.466 e. The molecule has 0 bridgehead atoms.